The van der Waals surface area contributed by atoms with Crippen molar-refractivity contribution in [2.24, 2.45) is 0 Å². The van der Waals surface area contributed by atoms with Crippen molar-refractivity contribution in [3.05, 3.63) is 58.3 Å². The lowest BCUT2D eigenvalue weighted by atomic mass is 10.2. The van der Waals surface area contributed by atoms with Crippen LogP contribution in [0.5, 0.6) is 11.6 Å². The highest BCUT2D eigenvalue weighted by atomic mass is 35.5. The Hall–Kier alpha value is -2.04. The largest absolute Gasteiger partial charge is 0.490 e. The zero-order chi connectivity index (χ0) is 16.9. The van der Waals surface area contributed by atoms with Crippen LogP contribution in [0.3, 0.4) is 0 Å². The molecule has 0 aliphatic heterocycles. The first kappa shape index (κ1) is 16.8. The number of rotatable bonds is 6. The number of aryl methyl sites for hydroxylation is 1. The number of nitrogens with zero attached hydrogens (tertiary/aromatic N) is 2. The van der Waals surface area contributed by atoms with Crippen LogP contribution >= 0.6 is 23.2 Å². The predicted molar refractivity (Wildman–Crippen MR) is 96.3 cm³/mol. The maximum atomic E-state index is 6.15. The van der Waals surface area contributed by atoms with E-state index in [-0.39, 0.29) is 0 Å². The first-order chi connectivity index (χ1) is 11.6. The van der Waals surface area contributed by atoms with E-state index in [4.69, 9.17) is 32.7 Å². The fraction of sp³-hybridized carbons (Fsp3) is 0.222. The molecule has 2 aromatic carbocycles. The van der Waals surface area contributed by atoms with E-state index < -0.39 is 0 Å². The van der Waals surface area contributed by atoms with Crippen molar-refractivity contribution in [2.45, 2.75) is 13.3 Å². The van der Waals surface area contributed by atoms with Crippen molar-refractivity contribution in [2.75, 3.05) is 13.2 Å². The SMILES string of the molecule is Cc1cc(Cl)c(OCCCOc2ncnc3ccccc23)c(Cl)c1. The van der Waals surface area contributed by atoms with Gasteiger partial charge in [0.2, 0.25) is 5.88 Å². The van der Waals surface area contributed by atoms with Gasteiger partial charge in [0.15, 0.2) is 5.75 Å². The highest BCUT2D eigenvalue weighted by molar-refractivity contribution is 6.37. The molecule has 24 heavy (non-hydrogen) atoms. The normalized spacial score (nSPS) is 10.8. The maximum absolute atomic E-state index is 6.15. The van der Waals surface area contributed by atoms with Gasteiger partial charge in [-0.1, -0.05) is 35.3 Å². The number of aromatic nitrogens is 2. The Morgan fingerprint density at radius 2 is 1.67 bits per heavy atom. The summed E-state index contributed by atoms with van der Waals surface area (Å²) in [6.45, 7) is 2.86. The Bertz CT molecular complexity index is 827. The van der Waals surface area contributed by atoms with Crippen LogP contribution in [0.15, 0.2) is 42.7 Å². The van der Waals surface area contributed by atoms with E-state index >= 15 is 0 Å². The molecule has 1 aromatic heterocycles. The average Bonchev–Trinajstić information content (AvgIpc) is 2.56. The molecule has 1 heterocycles. The van der Waals surface area contributed by atoms with Crippen molar-refractivity contribution in [1.82, 2.24) is 9.97 Å². The Labute approximate surface area is 150 Å². The Morgan fingerprint density at radius 1 is 0.958 bits per heavy atom. The highest BCUT2D eigenvalue weighted by Crippen LogP contribution is 2.34. The van der Waals surface area contributed by atoms with Gasteiger partial charge in [-0.2, -0.15) is 0 Å². The summed E-state index contributed by atoms with van der Waals surface area (Å²) in [5, 5.41) is 1.93. The molecule has 0 aliphatic carbocycles. The minimum Gasteiger partial charge on any atom is -0.490 e. The number of hydrogen-bond donors (Lipinski definition) is 0. The van der Waals surface area contributed by atoms with E-state index in [9.17, 15) is 0 Å². The summed E-state index contributed by atoms with van der Waals surface area (Å²) >= 11 is 12.3. The van der Waals surface area contributed by atoms with Crippen LogP contribution in [0.25, 0.3) is 10.9 Å². The molecule has 124 valence electrons. The lowest BCUT2D eigenvalue weighted by Crippen LogP contribution is -2.06. The molecule has 0 bridgehead atoms. The van der Waals surface area contributed by atoms with Crippen molar-refractivity contribution in [3.63, 3.8) is 0 Å². The molecule has 4 nitrogen and oxygen atoms in total. The minimum atomic E-state index is 0.450. The molecule has 3 aromatic rings. The number of hydrogen-bond acceptors (Lipinski definition) is 4. The molecule has 0 N–H and O–H groups in total. The lowest BCUT2D eigenvalue weighted by Gasteiger charge is -2.11. The maximum Gasteiger partial charge on any atom is 0.224 e. The summed E-state index contributed by atoms with van der Waals surface area (Å²) < 4.78 is 11.4. The molecule has 0 saturated heterocycles. The Morgan fingerprint density at radius 3 is 2.46 bits per heavy atom. The zero-order valence-corrected chi connectivity index (χ0v) is 14.6. The first-order valence-electron chi connectivity index (χ1n) is 7.56. The van der Waals surface area contributed by atoms with Gasteiger partial charge < -0.3 is 9.47 Å². The van der Waals surface area contributed by atoms with Crippen LogP contribution in [0.2, 0.25) is 10.0 Å². The van der Waals surface area contributed by atoms with E-state index in [1.165, 1.54) is 6.33 Å². The smallest absolute Gasteiger partial charge is 0.224 e. The van der Waals surface area contributed by atoms with Gasteiger partial charge in [-0.3, -0.25) is 0 Å². The zero-order valence-electron chi connectivity index (χ0n) is 13.1. The van der Waals surface area contributed by atoms with Crippen LogP contribution in [-0.2, 0) is 0 Å². The number of para-hydroxylation sites is 1. The lowest BCUT2D eigenvalue weighted by molar-refractivity contribution is 0.244. The average molecular weight is 363 g/mol. The molecule has 0 saturated carbocycles. The number of benzene rings is 2. The van der Waals surface area contributed by atoms with Gasteiger partial charge in [-0.05, 0) is 36.8 Å². The molecule has 0 aliphatic rings. The molecule has 0 fully saturated rings. The minimum absolute atomic E-state index is 0.450. The Kier molecular flexibility index (Phi) is 5.38. The Balaban J connectivity index is 1.54. The van der Waals surface area contributed by atoms with Gasteiger partial charge in [-0.25, -0.2) is 9.97 Å². The molecule has 0 amide bonds. The van der Waals surface area contributed by atoms with Crippen molar-refractivity contribution in [3.8, 4) is 11.6 Å². The second-order valence-corrected chi connectivity index (χ2v) is 6.12. The van der Waals surface area contributed by atoms with Crippen LogP contribution in [0.4, 0.5) is 0 Å². The van der Waals surface area contributed by atoms with Crippen molar-refractivity contribution < 1.29 is 9.47 Å². The van der Waals surface area contributed by atoms with E-state index in [0.29, 0.717) is 41.3 Å². The molecule has 0 unspecified atom stereocenters. The quantitative estimate of drug-likeness (QED) is 0.572. The summed E-state index contributed by atoms with van der Waals surface area (Å²) in [5.41, 5.74) is 1.85. The van der Waals surface area contributed by atoms with Crippen LogP contribution in [0, 0.1) is 6.92 Å². The third kappa shape index (κ3) is 3.89. The highest BCUT2D eigenvalue weighted by Gasteiger charge is 2.08. The van der Waals surface area contributed by atoms with Gasteiger partial charge in [0, 0.05) is 6.42 Å². The summed E-state index contributed by atoms with van der Waals surface area (Å²) in [7, 11) is 0. The third-order valence-electron chi connectivity index (χ3n) is 3.42. The predicted octanol–water partition coefficient (Wildman–Crippen LogP) is 5.09. The molecule has 3 rings (SSSR count). The molecule has 0 radical (unpaired) electrons. The number of halogens is 2. The monoisotopic (exact) mass is 362 g/mol. The van der Waals surface area contributed by atoms with Gasteiger partial charge in [0.05, 0.1) is 34.2 Å². The summed E-state index contributed by atoms with van der Waals surface area (Å²) in [6, 6.07) is 11.4. The fourth-order valence-corrected chi connectivity index (χ4v) is 3.03. The van der Waals surface area contributed by atoms with Gasteiger partial charge in [-0.15, -0.1) is 0 Å². The summed E-state index contributed by atoms with van der Waals surface area (Å²) in [6.07, 6.45) is 2.18. The van der Waals surface area contributed by atoms with Crippen molar-refractivity contribution >= 4 is 34.1 Å². The topological polar surface area (TPSA) is 44.2 Å². The molecule has 6 heteroatoms. The number of fused-ring (bicyclic) bond motifs is 1. The van der Waals surface area contributed by atoms with Gasteiger partial charge in [0.25, 0.3) is 0 Å². The van der Waals surface area contributed by atoms with E-state index in [1.54, 1.807) is 0 Å². The molecule has 0 atom stereocenters. The van der Waals surface area contributed by atoms with Gasteiger partial charge >= 0.3 is 0 Å². The van der Waals surface area contributed by atoms with Crippen LogP contribution < -0.4 is 9.47 Å². The fourth-order valence-electron chi connectivity index (χ4n) is 2.32. The number of ether oxygens (including phenoxy) is 2. The molecule has 0 spiro atoms. The molecular weight excluding hydrogens is 347 g/mol. The van der Waals surface area contributed by atoms with Crippen LogP contribution in [-0.4, -0.2) is 23.2 Å². The molecular formula is C18H16Cl2N2O2. The second-order valence-electron chi connectivity index (χ2n) is 5.30. The van der Waals surface area contributed by atoms with E-state index in [1.807, 2.05) is 43.3 Å². The van der Waals surface area contributed by atoms with E-state index in [0.717, 1.165) is 16.5 Å². The van der Waals surface area contributed by atoms with Crippen LogP contribution in [0.1, 0.15) is 12.0 Å². The third-order valence-corrected chi connectivity index (χ3v) is 3.98. The van der Waals surface area contributed by atoms with E-state index in [2.05, 4.69) is 9.97 Å². The van der Waals surface area contributed by atoms with Gasteiger partial charge in [0.1, 0.15) is 6.33 Å². The standard InChI is InChI=1S/C18H16Cl2N2O2/c1-12-9-14(19)17(15(20)10-12)23-7-4-8-24-18-13-5-2-3-6-16(13)21-11-22-18/h2-3,5-6,9-11H,4,7-8H2,1H3. The summed E-state index contributed by atoms with van der Waals surface area (Å²) in [4.78, 5) is 8.39. The first-order valence-corrected chi connectivity index (χ1v) is 8.32. The summed E-state index contributed by atoms with van der Waals surface area (Å²) in [5.74, 6) is 1.09. The van der Waals surface area contributed by atoms with Crippen molar-refractivity contribution in [1.29, 1.82) is 0 Å². The second kappa shape index (κ2) is 7.69.